The van der Waals surface area contributed by atoms with Crippen molar-refractivity contribution in [2.75, 3.05) is 13.6 Å². The minimum absolute atomic E-state index is 0.507. The van der Waals surface area contributed by atoms with Gasteiger partial charge in [0.25, 0.3) is 0 Å². The molecule has 0 spiro atoms. The molecule has 0 bridgehead atoms. The molecular formula is C22H26ClN3O. The quantitative estimate of drug-likeness (QED) is 0.736. The van der Waals surface area contributed by atoms with Crippen molar-refractivity contribution in [3.05, 3.63) is 63.6 Å². The van der Waals surface area contributed by atoms with Gasteiger partial charge in [-0.05, 0) is 69.3 Å². The van der Waals surface area contributed by atoms with E-state index in [2.05, 4.69) is 33.6 Å². The highest BCUT2D eigenvalue weighted by atomic mass is 35.5. The number of rotatable bonds is 3. The summed E-state index contributed by atoms with van der Waals surface area (Å²) in [7, 11) is 2.15. The lowest BCUT2D eigenvalue weighted by Crippen LogP contribution is -2.31. The molecule has 3 aromatic rings. The molecule has 0 fully saturated rings. The number of aryl methyl sites for hydroxylation is 2. The summed E-state index contributed by atoms with van der Waals surface area (Å²) in [5.41, 5.74) is 5.57. The van der Waals surface area contributed by atoms with Crippen molar-refractivity contribution >= 4 is 22.5 Å². The van der Waals surface area contributed by atoms with E-state index in [9.17, 15) is 5.11 Å². The molecule has 1 unspecified atom stereocenters. The van der Waals surface area contributed by atoms with E-state index in [1.165, 1.54) is 16.6 Å². The Morgan fingerprint density at radius 1 is 1.19 bits per heavy atom. The van der Waals surface area contributed by atoms with Crippen LogP contribution in [0.4, 0.5) is 0 Å². The Hall–Kier alpha value is -1.88. The molecule has 0 amide bonds. The fourth-order valence-electron chi connectivity index (χ4n) is 4.28. The van der Waals surface area contributed by atoms with E-state index in [0.29, 0.717) is 6.54 Å². The number of aromatic nitrogens is 2. The Balaban J connectivity index is 1.84. The number of likely N-dealkylation sites (N-methyl/N-ethyl adjacent to an activating group) is 1. The van der Waals surface area contributed by atoms with Crippen LogP contribution in [0, 0.1) is 13.8 Å². The third-order valence-corrected chi connectivity index (χ3v) is 5.81. The predicted molar refractivity (Wildman–Crippen MR) is 110 cm³/mol. The molecule has 1 aliphatic rings. The monoisotopic (exact) mass is 383 g/mol. The second kappa shape index (κ2) is 6.62. The number of benzene rings is 1. The minimum atomic E-state index is -0.985. The smallest absolute Gasteiger partial charge is 0.105 e. The number of hydrogen-bond acceptors (Lipinski definition) is 3. The van der Waals surface area contributed by atoms with Gasteiger partial charge >= 0.3 is 0 Å². The molecule has 0 saturated heterocycles. The lowest BCUT2D eigenvalue weighted by Gasteiger charge is -2.29. The number of halogens is 1. The largest absolute Gasteiger partial charge is 0.384 e. The van der Waals surface area contributed by atoms with Gasteiger partial charge in [0.2, 0.25) is 0 Å². The first kappa shape index (κ1) is 18.5. The SMILES string of the molecule is Cc1cc(C(C)(O)Cn2c3c(c4cc(Cl)ccc42)CN(C)CC3)cc(C)n1. The number of hydrogen-bond donors (Lipinski definition) is 1. The van der Waals surface area contributed by atoms with Crippen LogP contribution in [0.1, 0.15) is 35.1 Å². The van der Waals surface area contributed by atoms with Crippen LogP contribution in [0.2, 0.25) is 5.02 Å². The fourth-order valence-corrected chi connectivity index (χ4v) is 4.45. The van der Waals surface area contributed by atoms with Gasteiger partial charge in [0.05, 0.1) is 6.54 Å². The highest BCUT2D eigenvalue weighted by Crippen LogP contribution is 2.35. The molecule has 1 aromatic carbocycles. The Labute approximate surface area is 165 Å². The number of aliphatic hydroxyl groups is 1. The predicted octanol–water partition coefficient (Wildman–Crippen LogP) is 4.20. The zero-order chi connectivity index (χ0) is 19.3. The molecule has 27 heavy (non-hydrogen) atoms. The van der Waals surface area contributed by atoms with E-state index in [4.69, 9.17) is 11.6 Å². The number of nitrogens with zero attached hydrogens (tertiary/aromatic N) is 3. The van der Waals surface area contributed by atoms with Gasteiger partial charge in [-0.1, -0.05) is 11.6 Å². The average molecular weight is 384 g/mol. The Kier molecular flexibility index (Phi) is 4.53. The molecule has 5 heteroatoms. The fraction of sp³-hybridized carbons (Fsp3) is 0.409. The number of fused-ring (bicyclic) bond motifs is 3. The minimum Gasteiger partial charge on any atom is -0.384 e. The Morgan fingerprint density at radius 2 is 1.89 bits per heavy atom. The van der Waals surface area contributed by atoms with Crippen LogP contribution < -0.4 is 0 Å². The van der Waals surface area contributed by atoms with Crippen LogP contribution in [0.3, 0.4) is 0 Å². The van der Waals surface area contributed by atoms with Crippen molar-refractivity contribution in [2.45, 2.75) is 45.9 Å². The summed E-state index contributed by atoms with van der Waals surface area (Å²) in [6.07, 6.45) is 0.975. The first-order valence-electron chi connectivity index (χ1n) is 9.41. The molecule has 1 N–H and O–H groups in total. The molecule has 1 atom stereocenters. The van der Waals surface area contributed by atoms with Crippen LogP contribution >= 0.6 is 11.6 Å². The molecule has 4 nitrogen and oxygen atoms in total. The third kappa shape index (κ3) is 3.38. The van der Waals surface area contributed by atoms with Gasteiger partial charge in [-0.25, -0.2) is 0 Å². The lowest BCUT2D eigenvalue weighted by atomic mass is 9.95. The average Bonchev–Trinajstić information content (AvgIpc) is 2.86. The first-order valence-corrected chi connectivity index (χ1v) is 9.78. The summed E-state index contributed by atoms with van der Waals surface area (Å²) in [5, 5.41) is 13.3. The zero-order valence-corrected chi connectivity index (χ0v) is 17.1. The van der Waals surface area contributed by atoms with Gasteiger partial charge in [0, 0.05) is 52.5 Å². The number of pyridine rings is 1. The van der Waals surface area contributed by atoms with Gasteiger partial charge in [-0.15, -0.1) is 0 Å². The molecule has 3 heterocycles. The van der Waals surface area contributed by atoms with Crippen LogP contribution in [0.5, 0.6) is 0 Å². The Morgan fingerprint density at radius 3 is 2.59 bits per heavy atom. The van der Waals surface area contributed by atoms with Crippen LogP contribution in [-0.4, -0.2) is 33.1 Å². The van der Waals surface area contributed by atoms with Gasteiger partial charge in [0.1, 0.15) is 5.60 Å². The third-order valence-electron chi connectivity index (χ3n) is 5.58. The molecule has 0 saturated carbocycles. The van der Waals surface area contributed by atoms with E-state index >= 15 is 0 Å². The zero-order valence-electron chi connectivity index (χ0n) is 16.4. The molecule has 4 rings (SSSR count). The van der Waals surface area contributed by atoms with Gasteiger partial charge < -0.3 is 14.6 Å². The van der Waals surface area contributed by atoms with Crippen LogP contribution in [0.25, 0.3) is 10.9 Å². The molecule has 1 aliphatic heterocycles. The summed E-state index contributed by atoms with van der Waals surface area (Å²) < 4.78 is 2.29. The summed E-state index contributed by atoms with van der Waals surface area (Å²) in [5.74, 6) is 0. The van der Waals surface area contributed by atoms with Crippen LogP contribution in [0.15, 0.2) is 30.3 Å². The standard InChI is InChI=1S/C22H26ClN3O/c1-14-9-16(10-15(2)24-14)22(3,27)13-26-20-6-5-17(23)11-18(20)19-12-25(4)8-7-21(19)26/h5-6,9-11,27H,7-8,12-13H2,1-4H3. The molecule has 0 radical (unpaired) electrons. The summed E-state index contributed by atoms with van der Waals surface area (Å²) in [6.45, 7) is 8.27. The first-order chi connectivity index (χ1) is 12.7. The van der Waals surface area contributed by atoms with Gasteiger partial charge in [-0.2, -0.15) is 0 Å². The molecule has 0 aliphatic carbocycles. The van der Waals surface area contributed by atoms with Crippen molar-refractivity contribution in [1.82, 2.24) is 14.5 Å². The van der Waals surface area contributed by atoms with E-state index in [0.717, 1.165) is 47.0 Å². The van der Waals surface area contributed by atoms with E-state index in [-0.39, 0.29) is 0 Å². The van der Waals surface area contributed by atoms with Crippen LogP contribution in [-0.2, 0) is 25.1 Å². The Bertz CT molecular complexity index is 1000. The highest BCUT2D eigenvalue weighted by Gasteiger charge is 2.29. The maximum Gasteiger partial charge on any atom is 0.105 e. The topological polar surface area (TPSA) is 41.3 Å². The molecular weight excluding hydrogens is 358 g/mol. The summed E-state index contributed by atoms with van der Waals surface area (Å²) in [6, 6.07) is 10.0. The highest BCUT2D eigenvalue weighted by molar-refractivity contribution is 6.31. The maximum atomic E-state index is 11.4. The maximum absolute atomic E-state index is 11.4. The van der Waals surface area contributed by atoms with Gasteiger partial charge in [-0.3, -0.25) is 4.98 Å². The second-order valence-electron chi connectivity index (χ2n) is 8.07. The second-order valence-corrected chi connectivity index (χ2v) is 8.51. The van der Waals surface area contributed by atoms with Crippen molar-refractivity contribution in [3.63, 3.8) is 0 Å². The summed E-state index contributed by atoms with van der Waals surface area (Å²) >= 11 is 6.29. The van der Waals surface area contributed by atoms with E-state index in [1.807, 2.05) is 39.0 Å². The molecule has 2 aromatic heterocycles. The lowest BCUT2D eigenvalue weighted by molar-refractivity contribution is 0.0383. The van der Waals surface area contributed by atoms with Gasteiger partial charge in [0.15, 0.2) is 0 Å². The van der Waals surface area contributed by atoms with Crippen molar-refractivity contribution in [3.8, 4) is 0 Å². The summed E-state index contributed by atoms with van der Waals surface area (Å²) in [4.78, 5) is 6.78. The normalized spacial score (nSPS) is 17.1. The van der Waals surface area contributed by atoms with Crippen molar-refractivity contribution in [1.29, 1.82) is 0 Å². The van der Waals surface area contributed by atoms with E-state index < -0.39 is 5.60 Å². The molecule has 142 valence electrons. The van der Waals surface area contributed by atoms with Crippen molar-refractivity contribution < 1.29 is 5.11 Å². The van der Waals surface area contributed by atoms with E-state index in [1.54, 1.807) is 0 Å². The van der Waals surface area contributed by atoms with Crippen molar-refractivity contribution in [2.24, 2.45) is 0 Å².